The molecule has 0 aliphatic rings. The van der Waals surface area contributed by atoms with Crippen LogP contribution in [0.5, 0.6) is 0 Å². The third kappa shape index (κ3) is 7.26. The van der Waals surface area contributed by atoms with Crippen molar-refractivity contribution in [3.05, 3.63) is 70.8 Å². The van der Waals surface area contributed by atoms with Crippen molar-refractivity contribution in [1.29, 1.82) is 0 Å². The molecule has 0 aliphatic heterocycles. The van der Waals surface area contributed by atoms with Gasteiger partial charge in [-0.05, 0) is 55.8 Å². The number of ether oxygens (including phenoxy) is 4. The van der Waals surface area contributed by atoms with Crippen LogP contribution in [0.25, 0.3) is 0 Å². The molecule has 8 nitrogen and oxygen atoms in total. The Balaban J connectivity index is 1.80. The molecule has 8 heteroatoms. The average molecular weight is 428 g/mol. The molecule has 0 aliphatic carbocycles. The lowest BCUT2D eigenvalue weighted by molar-refractivity contribution is 0.0265. The molecule has 0 atom stereocenters. The maximum atomic E-state index is 12.1. The molecule has 2 aromatic rings. The van der Waals surface area contributed by atoms with Gasteiger partial charge in [0.2, 0.25) is 0 Å². The van der Waals surface area contributed by atoms with E-state index in [1.165, 1.54) is 36.4 Å². The molecule has 31 heavy (non-hydrogen) atoms. The number of carbonyl (C=O) groups excluding carboxylic acids is 4. The van der Waals surface area contributed by atoms with Crippen molar-refractivity contribution < 1.29 is 38.1 Å². The minimum Gasteiger partial charge on any atom is -0.462 e. The Morgan fingerprint density at radius 3 is 1.45 bits per heavy atom. The predicted octanol–water partition coefficient (Wildman–Crippen LogP) is 3.44. The molecular formula is C23H24O8. The van der Waals surface area contributed by atoms with Crippen LogP contribution in [0.15, 0.2) is 48.5 Å². The second-order valence-corrected chi connectivity index (χ2v) is 6.29. The molecular weight excluding hydrogens is 404 g/mol. The van der Waals surface area contributed by atoms with E-state index in [4.69, 9.17) is 18.9 Å². The zero-order chi connectivity index (χ0) is 22.6. The molecule has 0 radical (unpaired) electrons. The van der Waals surface area contributed by atoms with Gasteiger partial charge in [-0.15, -0.1) is 0 Å². The molecule has 0 fully saturated rings. The van der Waals surface area contributed by atoms with Gasteiger partial charge < -0.3 is 18.9 Å². The van der Waals surface area contributed by atoms with Gasteiger partial charge in [-0.3, -0.25) is 0 Å². The maximum Gasteiger partial charge on any atom is 0.338 e. The summed E-state index contributed by atoms with van der Waals surface area (Å²) in [6.07, 6.45) is 0.696. The summed E-state index contributed by atoms with van der Waals surface area (Å²) in [6.45, 7) is 3.83. The molecule has 0 N–H and O–H groups in total. The van der Waals surface area contributed by atoms with Crippen LogP contribution in [0.2, 0.25) is 0 Å². The van der Waals surface area contributed by atoms with Crippen molar-refractivity contribution in [2.24, 2.45) is 0 Å². The number of hydrogen-bond acceptors (Lipinski definition) is 8. The fourth-order valence-electron chi connectivity index (χ4n) is 2.44. The Morgan fingerprint density at radius 1 is 0.581 bits per heavy atom. The van der Waals surface area contributed by atoms with E-state index in [-0.39, 0.29) is 36.5 Å². The lowest BCUT2D eigenvalue weighted by Gasteiger charge is -2.08. The minimum atomic E-state index is -0.653. The van der Waals surface area contributed by atoms with Crippen LogP contribution in [-0.2, 0) is 18.9 Å². The summed E-state index contributed by atoms with van der Waals surface area (Å²) in [4.78, 5) is 47.7. The Hall–Kier alpha value is -3.68. The quantitative estimate of drug-likeness (QED) is 0.322. The first-order valence-corrected chi connectivity index (χ1v) is 9.84. The molecule has 164 valence electrons. The van der Waals surface area contributed by atoms with Gasteiger partial charge in [-0.2, -0.15) is 0 Å². The zero-order valence-corrected chi connectivity index (χ0v) is 17.4. The highest BCUT2D eigenvalue weighted by atomic mass is 16.6. The summed E-state index contributed by atoms with van der Waals surface area (Å²) >= 11 is 0. The second kappa shape index (κ2) is 12.1. The predicted molar refractivity (Wildman–Crippen MR) is 110 cm³/mol. The molecule has 2 aromatic carbocycles. The molecule has 0 unspecified atom stereocenters. The van der Waals surface area contributed by atoms with Gasteiger partial charge in [0.15, 0.2) is 0 Å². The monoisotopic (exact) mass is 428 g/mol. The first-order chi connectivity index (χ1) is 15.0. The van der Waals surface area contributed by atoms with Crippen molar-refractivity contribution in [2.45, 2.75) is 20.3 Å². The fraction of sp³-hybridized carbons (Fsp3) is 0.304. The van der Waals surface area contributed by atoms with Gasteiger partial charge in [-0.25, -0.2) is 19.2 Å². The highest BCUT2D eigenvalue weighted by molar-refractivity contribution is 5.95. The SMILES string of the molecule is CCCOC(=O)c1cccc(C(=O)OCCOC(=O)c2ccc(C(=O)OCC)cc2)c1. The smallest absolute Gasteiger partial charge is 0.338 e. The van der Waals surface area contributed by atoms with Crippen LogP contribution in [-0.4, -0.2) is 50.3 Å². The van der Waals surface area contributed by atoms with Crippen LogP contribution < -0.4 is 0 Å². The standard InChI is InChI=1S/C23H24O8/c1-3-12-29-22(26)18-6-5-7-19(15-18)23(27)31-14-13-30-21(25)17-10-8-16(9-11-17)20(24)28-4-2/h5-11,15H,3-4,12-14H2,1-2H3. The lowest BCUT2D eigenvalue weighted by Crippen LogP contribution is -2.15. The molecule has 0 bridgehead atoms. The third-order valence-electron chi connectivity index (χ3n) is 3.95. The van der Waals surface area contributed by atoms with Gasteiger partial charge in [0.1, 0.15) is 13.2 Å². The van der Waals surface area contributed by atoms with Crippen molar-refractivity contribution in [3.63, 3.8) is 0 Å². The van der Waals surface area contributed by atoms with Gasteiger partial charge in [0.05, 0.1) is 35.5 Å². The highest BCUT2D eigenvalue weighted by Crippen LogP contribution is 2.10. The van der Waals surface area contributed by atoms with E-state index in [1.54, 1.807) is 19.1 Å². The molecule has 0 heterocycles. The molecule has 0 aromatic heterocycles. The van der Waals surface area contributed by atoms with E-state index < -0.39 is 23.9 Å². The summed E-state index contributed by atoms with van der Waals surface area (Å²) in [5, 5.41) is 0. The summed E-state index contributed by atoms with van der Waals surface area (Å²) in [5.41, 5.74) is 1.01. The lowest BCUT2D eigenvalue weighted by atomic mass is 10.1. The Bertz CT molecular complexity index is 917. The average Bonchev–Trinajstić information content (AvgIpc) is 2.80. The fourth-order valence-corrected chi connectivity index (χ4v) is 2.44. The highest BCUT2D eigenvalue weighted by Gasteiger charge is 2.14. The topological polar surface area (TPSA) is 105 Å². The summed E-state index contributed by atoms with van der Waals surface area (Å²) < 4.78 is 20.1. The first kappa shape index (κ1) is 23.6. The molecule has 2 rings (SSSR count). The van der Waals surface area contributed by atoms with E-state index in [0.29, 0.717) is 18.6 Å². The Kier molecular flexibility index (Phi) is 9.22. The van der Waals surface area contributed by atoms with Gasteiger partial charge >= 0.3 is 23.9 Å². The van der Waals surface area contributed by atoms with Crippen molar-refractivity contribution in [1.82, 2.24) is 0 Å². The number of benzene rings is 2. The first-order valence-electron chi connectivity index (χ1n) is 9.84. The Labute approximate surface area is 180 Å². The van der Waals surface area contributed by atoms with E-state index in [1.807, 2.05) is 6.92 Å². The third-order valence-corrected chi connectivity index (χ3v) is 3.95. The largest absolute Gasteiger partial charge is 0.462 e. The normalized spacial score (nSPS) is 10.1. The number of rotatable bonds is 10. The van der Waals surface area contributed by atoms with E-state index >= 15 is 0 Å². The van der Waals surface area contributed by atoms with Crippen molar-refractivity contribution in [2.75, 3.05) is 26.4 Å². The van der Waals surface area contributed by atoms with Crippen molar-refractivity contribution in [3.8, 4) is 0 Å². The minimum absolute atomic E-state index is 0.150. The van der Waals surface area contributed by atoms with Crippen LogP contribution in [0.4, 0.5) is 0 Å². The van der Waals surface area contributed by atoms with E-state index in [9.17, 15) is 19.2 Å². The summed E-state index contributed by atoms with van der Waals surface area (Å²) in [5.74, 6) is -2.26. The number of carbonyl (C=O) groups is 4. The van der Waals surface area contributed by atoms with Crippen LogP contribution >= 0.6 is 0 Å². The van der Waals surface area contributed by atoms with Crippen LogP contribution in [0, 0.1) is 0 Å². The molecule has 0 amide bonds. The molecule has 0 saturated heterocycles. The number of hydrogen-bond donors (Lipinski definition) is 0. The van der Waals surface area contributed by atoms with Crippen LogP contribution in [0.1, 0.15) is 61.7 Å². The van der Waals surface area contributed by atoms with E-state index in [0.717, 1.165) is 0 Å². The second-order valence-electron chi connectivity index (χ2n) is 6.29. The zero-order valence-electron chi connectivity index (χ0n) is 17.4. The number of esters is 4. The van der Waals surface area contributed by atoms with Gasteiger partial charge in [0.25, 0.3) is 0 Å². The molecule has 0 saturated carbocycles. The van der Waals surface area contributed by atoms with E-state index in [2.05, 4.69) is 0 Å². The maximum absolute atomic E-state index is 12.1. The van der Waals surface area contributed by atoms with Gasteiger partial charge in [-0.1, -0.05) is 13.0 Å². The molecule has 0 spiro atoms. The van der Waals surface area contributed by atoms with Crippen molar-refractivity contribution >= 4 is 23.9 Å². The van der Waals surface area contributed by atoms with Gasteiger partial charge in [0, 0.05) is 0 Å². The van der Waals surface area contributed by atoms with Crippen LogP contribution in [0.3, 0.4) is 0 Å². The Morgan fingerprint density at radius 2 is 1.00 bits per heavy atom. The summed E-state index contributed by atoms with van der Waals surface area (Å²) in [6, 6.07) is 11.8. The summed E-state index contributed by atoms with van der Waals surface area (Å²) in [7, 11) is 0.